The maximum Gasteiger partial charge on any atom is 0.416 e. The van der Waals surface area contributed by atoms with Gasteiger partial charge in [-0.3, -0.25) is 4.90 Å². The first-order valence-electron chi connectivity index (χ1n) is 5.56. The molecular weight excluding hydrogens is 229 g/mol. The number of benzene rings is 1. The molecule has 93 valence electrons. The van der Waals surface area contributed by atoms with E-state index in [2.05, 4.69) is 16.3 Å². The number of rotatable bonds is 2. The lowest BCUT2D eigenvalue weighted by atomic mass is 10.1. The van der Waals surface area contributed by atoms with E-state index in [1.54, 1.807) is 0 Å². The molecule has 0 atom stereocenters. The van der Waals surface area contributed by atoms with Crippen molar-refractivity contribution in [2.75, 3.05) is 26.2 Å². The Labute approximate surface area is 98.4 Å². The molecule has 1 radical (unpaired) electrons. The maximum absolute atomic E-state index is 12.5. The lowest BCUT2D eigenvalue weighted by Crippen LogP contribution is -2.42. The van der Waals surface area contributed by atoms with Crippen molar-refractivity contribution in [1.29, 1.82) is 0 Å². The van der Waals surface area contributed by atoms with Crippen LogP contribution in [0.3, 0.4) is 0 Å². The molecule has 1 heterocycles. The predicted octanol–water partition coefficient (Wildman–Crippen LogP) is 1.91. The highest BCUT2D eigenvalue weighted by molar-refractivity contribution is 5.24. The van der Waals surface area contributed by atoms with Crippen LogP contribution in [0.5, 0.6) is 0 Å². The van der Waals surface area contributed by atoms with Gasteiger partial charge >= 0.3 is 6.18 Å². The third-order valence-corrected chi connectivity index (χ3v) is 2.79. The fraction of sp³-hybridized carbons (Fsp3) is 0.500. The van der Waals surface area contributed by atoms with E-state index in [0.717, 1.165) is 32.2 Å². The molecule has 1 N–H and O–H groups in total. The summed E-state index contributed by atoms with van der Waals surface area (Å²) < 4.78 is 37.5. The standard InChI is InChI=1S/C12H14F3N2/c13-12(14,15)11-3-1-2-10(8-11)9-17-6-4-16-5-7-17/h1,3,8,16H,4-7,9H2. The molecule has 1 saturated heterocycles. The number of nitrogens with one attached hydrogen (secondary N) is 1. The topological polar surface area (TPSA) is 15.3 Å². The van der Waals surface area contributed by atoms with Gasteiger partial charge in [-0.05, 0) is 23.8 Å². The highest BCUT2D eigenvalue weighted by Gasteiger charge is 2.30. The van der Waals surface area contributed by atoms with Crippen LogP contribution in [0.1, 0.15) is 11.1 Å². The van der Waals surface area contributed by atoms with Crippen LogP contribution in [0.15, 0.2) is 18.2 Å². The van der Waals surface area contributed by atoms with Crippen molar-refractivity contribution in [1.82, 2.24) is 10.2 Å². The molecule has 0 aliphatic carbocycles. The quantitative estimate of drug-likeness (QED) is 0.853. The molecule has 0 unspecified atom stereocenters. The molecule has 5 heteroatoms. The van der Waals surface area contributed by atoms with Crippen LogP contribution < -0.4 is 5.32 Å². The van der Waals surface area contributed by atoms with Crippen LogP contribution in [-0.4, -0.2) is 31.1 Å². The van der Waals surface area contributed by atoms with Crippen LogP contribution in [-0.2, 0) is 12.7 Å². The van der Waals surface area contributed by atoms with Gasteiger partial charge in [0.2, 0.25) is 0 Å². The zero-order valence-electron chi connectivity index (χ0n) is 9.35. The SMILES string of the molecule is FC(F)(F)c1cc[c]c(CN2CCNCC2)c1. The molecule has 2 nitrogen and oxygen atoms in total. The summed E-state index contributed by atoms with van der Waals surface area (Å²) in [4.78, 5) is 2.13. The molecule has 17 heavy (non-hydrogen) atoms. The van der Waals surface area contributed by atoms with Gasteiger partial charge in [-0.2, -0.15) is 13.2 Å². The van der Waals surface area contributed by atoms with Crippen LogP contribution in [0.4, 0.5) is 13.2 Å². The average Bonchev–Trinajstić information content (AvgIpc) is 2.29. The van der Waals surface area contributed by atoms with Crippen LogP contribution in [0.2, 0.25) is 0 Å². The van der Waals surface area contributed by atoms with Gasteiger partial charge in [0.1, 0.15) is 0 Å². The molecule has 1 aromatic rings. The van der Waals surface area contributed by atoms with Crippen molar-refractivity contribution >= 4 is 0 Å². The van der Waals surface area contributed by atoms with E-state index in [4.69, 9.17) is 0 Å². The van der Waals surface area contributed by atoms with E-state index in [0.29, 0.717) is 12.1 Å². The van der Waals surface area contributed by atoms with Gasteiger partial charge in [-0.25, -0.2) is 0 Å². The second-order valence-corrected chi connectivity index (χ2v) is 4.13. The molecule has 1 fully saturated rings. The van der Waals surface area contributed by atoms with E-state index in [1.807, 2.05) is 0 Å². The highest BCUT2D eigenvalue weighted by atomic mass is 19.4. The lowest BCUT2D eigenvalue weighted by molar-refractivity contribution is -0.137. The molecule has 1 aliphatic rings. The Morgan fingerprint density at radius 1 is 1.29 bits per heavy atom. The molecule has 1 aliphatic heterocycles. The minimum absolute atomic E-state index is 0.533. The van der Waals surface area contributed by atoms with Crippen LogP contribution in [0, 0.1) is 6.07 Å². The number of hydrogen-bond acceptors (Lipinski definition) is 2. The van der Waals surface area contributed by atoms with E-state index < -0.39 is 11.7 Å². The summed E-state index contributed by atoms with van der Waals surface area (Å²) in [5.41, 5.74) is 0.00288. The van der Waals surface area contributed by atoms with Crippen LogP contribution >= 0.6 is 0 Å². The van der Waals surface area contributed by atoms with Crippen molar-refractivity contribution in [3.05, 3.63) is 35.4 Å². The molecular formula is C12H14F3N2. The van der Waals surface area contributed by atoms with Crippen molar-refractivity contribution in [2.24, 2.45) is 0 Å². The van der Waals surface area contributed by atoms with Crippen molar-refractivity contribution in [3.8, 4) is 0 Å². The van der Waals surface area contributed by atoms with E-state index >= 15 is 0 Å². The second kappa shape index (κ2) is 5.06. The summed E-state index contributed by atoms with van der Waals surface area (Å²) in [6.45, 7) is 4.04. The monoisotopic (exact) mass is 243 g/mol. The largest absolute Gasteiger partial charge is 0.416 e. The first-order valence-corrected chi connectivity index (χ1v) is 5.56. The first-order chi connectivity index (χ1) is 8.05. The molecule has 0 saturated carbocycles. The summed E-state index contributed by atoms with van der Waals surface area (Å²) in [5, 5.41) is 3.20. The Hall–Kier alpha value is -1.07. The fourth-order valence-corrected chi connectivity index (χ4v) is 1.89. The van der Waals surface area contributed by atoms with Gasteiger partial charge in [0.05, 0.1) is 5.56 Å². The fourth-order valence-electron chi connectivity index (χ4n) is 1.89. The first kappa shape index (κ1) is 12.4. The number of halogens is 3. The van der Waals surface area contributed by atoms with Gasteiger partial charge in [0.25, 0.3) is 0 Å². The Balaban J connectivity index is 2.05. The third-order valence-electron chi connectivity index (χ3n) is 2.79. The Morgan fingerprint density at radius 2 is 2.00 bits per heavy atom. The zero-order chi connectivity index (χ0) is 12.3. The summed E-state index contributed by atoms with van der Waals surface area (Å²) in [6.07, 6.45) is -4.27. The Morgan fingerprint density at radius 3 is 2.65 bits per heavy atom. The predicted molar refractivity (Wildman–Crippen MR) is 58.4 cm³/mol. The normalized spacial score (nSPS) is 18.3. The molecule has 0 amide bonds. The minimum Gasteiger partial charge on any atom is -0.314 e. The maximum atomic E-state index is 12.5. The third kappa shape index (κ3) is 3.44. The average molecular weight is 243 g/mol. The number of nitrogens with zero attached hydrogens (tertiary/aromatic N) is 1. The Kier molecular flexibility index (Phi) is 3.69. The van der Waals surface area contributed by atoms with Crippen molar-refractivity contribution in [2.45, 2.75) is 12.7 Å². The zero-order valence-corrected chi connectivity index (χ0v) is 9.35. The smallest absolute Gasteiger partial charge is 0.314 e. The van der Waals surface area contributed by atoms with E-state index in [1.165, 1.54) is 12.1 Å². The molecule has 0 spiro atoms. The van der Waals surface area contributed by atoms with Gasteiger partial charge in [0.15, 0.2) is 0 Å². The van der Waals surface area contributed by atoms with Gasteiger partial charge in [-0.15, -0.1) is 0 Å². The number of hydrogen-bond donors (Lipinski definition) is 1. The van der Waals surface area contributed by atoms with E-state index in [9.17, 15) is 13.2 Å². The van der Waals surface area contributed by atoms with Gasteiger partial charge in [0, 0.05) is 32.7 Å². The highest BCUT2D eigenvalue weighted by Crippen LogP contribution is 2.29. The summed E-state index contributed by atoms with van der Waals surface area (Å²) in [7, 11) is 0. The summed E-state index contributed by atoms with van der Waals surface area (Å²) in [5.74, 6) is 0. The van der Waals surface area contributed by atoms with E-state index in [-0.39, 0.29) is 0 Å². The van der Waals surface area contributed by atoms with Crippen molar-refractivity contribution < 1.29 is 13.2 Å². The van der Waals surface area contributed by atoms with Crippen molar-refractivity contribution in [3.63, 3.8) is 0 Å². The molecule has 0 aromatic heterocycles. The van der Waals surface area contributed by atoms with Gasteiger partial charge in [-0.1, -0.05) is 6.07 Å². The number of alkyl halides is 3. The second-order valence-electron chi connectivity index (χ2n) is 4.13. The summed E-state index contributed by atoms with van der Waals surface area (Å²) in [6, 6.07) is 6.45. The minimum atomic E-state index is -4.27. The van der Waals surface area contributed by atoms with Crippen LogP contribution in [0.25, 0.3) is 0 Å². The number of piperazine rings is 1. The Bertz CT molecular complexity index is 370. The lowest BCUT2D eigenvalue weighted by Gasteiger charge is -2.27. The molecule has 0 bridgehead atoms. The molecule has 2 rings (SSSR count). The molecule has 1 aromatic carbocycles. The van der Waals surface area contributed by atoms with Gasteiger partial charge < -0.3 is 5.32 Å². The summed E-state index contributed by atoms with van der Waals surface area (Å²) >= 11 is 0.